The predicted octanol–water partition coefficient (Wildman–Crippen LogP) is 4.12. The van der Waals surface area contributed by atoms with Crippen LogP contribution in [0.1, 0.15) is 65.7 Å². The van der Waals surface area contributed by atoms with Gasteiger partial charge in [0, 0.05) is 24.2 Å². The molecule has 22 heavy (non-hydrogen) atoms. The van der Waals surface area contributed by atoms with Crippen molar-refractivity contribution in [1.29, 1.82) is 0 Å². The zero-order valence-corrected chi connectivity index (χ0v) is 16.0. The maximum absolute atomic E-state index is 4.79. The van der Waals surface area contributed by atoms with Crippen LogP contribution in [-0.2, 0) is 5.41 Å². The minimum Gasteiger partial charge on any atom is -0.355 e. The number of nitrogens with zero attached hydrogens (tertiary/aromatic N) is 2. The minimum atomic E-state index is 0.162. The summed E-state index contributed by atoms with van der Waals surface area (Å²) in [5.74, 6) is 1.11. The molecule has 0 saturated carbocycles. The molecule has 0 aliphatic heterocycles. The molecular weight excluding hydrogens is 288 g/mol. The van der Waals surface area contributed by atoms with Gasteiger partial charge >= 0.3 is 0 Å². The first kappa shape index (κ1) is 19.0. The van der Waals surface area contributed by atoms with Gasteiger partial charge in [0.2, 0.25) is 0 Å². The van der Waals surface area contributed by atoms with E-state index in [0.29, 0.717) is 0 Å². The molecule has 0 aliphatic rings. The molecule has 0 atom stereocenters. The number of hydrogen-bond donors (Lipinski definition) is 0. The summed E-state index contributed by atoms with van der Waals surface area (Å²) in [6.45, 7) is 19.7. The fourth-order valence-electron chi connectivity index (χ4n) is 2.31. The van der Waals surface area contributed by atoms with Crippen LogP contribution in [0.2, 0.25) is 0 Å². The summed E-state index contributed by atoms with van der Waals surface area (Å²) in [6, 6.07) is 2.23. The van der Waals surface area contributed by atoms with Gasteiger partial charge in [0.05, 0.1) is 4.53 Å². The Balaban J connectivity index is 3.51. The standard InChI is InChI=1S/C19H32N2S/c1-8-11-20-18(21(12-9-2)13-10-3)17-15(4)14-16(22-17)19(5,6)7/h11,14H,4,8-10,12-13H2,1-3,5-7H3/b18-17-,20-11?. The van der Waals surface area contributed by atoms with Crippen LogP contribution in [0, 0.1) is 0 Å². The first-order valence-corrected chi connectivity index (χ1v) is 9.27. The van der Waals surface area contributed by atoms with E-state index in [1.165, 1.54) is 9.41 Å². The third-order valence-electron chi connectivity index (χ3n) is 3.43. The highest BCUT2D eigenvalue weighted by molar-refractivity contribution is 7.10. The van der Waals surface area contributed by atoms with Crippen molar-refractivity contribution in [3.8, 4) is 0 Å². The van der Waals surface area contributed by atoms with Crippen LogP contribution in [0.3, 0.4) is 0 Å². The van der Waals surface area contributed by atoms with Crippen molar-refractivity contribution in [3.05, 3.63) is 20.7 Å². The lowest BCUT2D eigenvalue weighted by atomic mass is 9.95. The van der Waals surface area contributed by atoms with Gasteiger partial charge in [0.25, 0.3) is 0 Å². The van der Waals surface area contributed by atoms with Gasteiger partial charge in [0.1, 0.15) is 5.82 Å². The first-order valence-electron chi connectivity index (χ1n) is 8.46. The lowest BCUT2D eigenvalue weighted by Gasteiger charge is -2.23. The summed E-state index contributed by atoms with van der Waals surface area (Å²) in [6.07, 6.45) is 5.24. The summed E-state index contributed by atoms with van der Waals surface area (Å²) in [7, 11) is 0. The van der Waals surface area contributed by atoms with Crippen molar-refractivity contribution in [1.82, 2.24) is 4.90 Å². The molecule has 1 aromatic heterocycles. The van der Waals surface area contributed by atoms with Crippen LogP contribution < -0.4 is 9.75 Å². The molecule has 3 heteroatoms. The fraction of sp³-hybridized carbons (Fsp3) is 0.632. The van der Waals surface area contributed by atoms with Crippen molar-refractivity contribution in [2.75, 3.05) is 13.1 Å². The zero-order chi connectivity index (χ0) is 16.8. The Hall–Kier alpha value is -1.09. The molecule has 0 fully saturated rings. The molecule has 1 aromatic rings. The molecule has 0 unspecified atom stereocenters. The second-order valence-corrected chi connectivity index (χ2v) is 7.80. The molecule has 0 bridgehead atoms. The summed E-state index contributed by atoms with van der Waals surface area (Å²) in [5, 5.41) is 1.11. The molecule has 0 N–H and O–H groups in total. The Kier molecular flexibility index (Phi) is 7.34. The van der Waals surface area contributed by atoms with Crippen molar-refractivity contribution in [2.24, 2.45) is 4.99 Å². The summed E-state index contributed by atoms with van der Waals surface area (Å²) in [5.41, 5.74) is 0.162. The van der Waals surface area contributed by atoms with Crippen molar-refractivity contribution in [3.63, 3.8) is 0 Å². The zero-order valence-electron chi connectivity index (χ0n) is 15.2. The molecule has 1 rings (SSSR count). The topological polar surface area (TPSA) is 15.6 Å². The molecule has 124 valence electrons. The molecule has 0 aromatic carbocycles. The molecular formula is C19H32N2S. The van der Waals surface area contributed by atoms with Crippen LogP contribution in [0.4, 0.5) is 0 Å². The van der Waals surface area contributed by atoms with Crippen LogP contribution in [0.25, 0.3) is 12.4 Å². The normalized spacial score (nSPS) is 13.7. The van der Waals surface area contributed by atoms with Crippen molar-refractivity contribution >= 4 is 30.0 Å². The van der Waals surface area contributed by atoms with E-state index >= 15 is 0 Å². The SMILES string of the molecule is C=c1cc(C(C)(C)C)s/c1=C(/N=CCC)N(CCC)CCC. The van der Waals surface area contributed by atoms with E-state index in [9.17, 15) is 0 Å². The highest BCUT2D eigenvalue weighted by Crippen LogP contribution is 2.23. The van der Waals surface area contributed by atoms with Crippen molar-refractivity contribution < 1.29 is 0 Å². The van der Waals surface area contributed by atoms with Gasteiger partial charge in [-0.15, -0.1) is 11.3 Å². The Morgan fingerprint density at radius 2 is 1.82 bits per heavy atom. The second kappa shape index (κ2) is 8.52. The van der Waals surface area contributed by atoms with Gasteiger partial charge in [-0.1, -0.05) is 48.1 Å². The van der Waals surface area contributed by atoms with E-state index in [1.807, 2.05) is 17.6 Å². The number of hydrogen-bond acceptors (Lipinski definition) is 3. The highest BCUT2D eigenvalue weighted by Gasteiger charge is 2.17. The lowest BCUT2D eigenvalue weighted by Crippen LogP contribution is -2.31. The average Bonchev–Trinajstić information content (AvgIpc) is 2.82. The Labute approximate surface area is 140 Å². The van der Waals surface area contributed by atoms with Gasteiger partial charge in [-0.3, -0.25) is 0 Å². The Bertz CT molecular complexity index is 584. The number of thiophene rings is 1. The fourth-order valence-corrected chi connectivity index (χ4v) is 3.50. The Morgan fingerprint density at radius 1 is 1.23 bits per heavy atom. The van der Waals surface area contributed by atoms with Crippen LogP contribution in [0.15, 0.2) is 11.1 Å². The highest BCUT2D eigenvalue weighted by atomic mass is 32.1. The summed E-state index contributed by atoms with van der Waals surface area (Å²) < 4.78 is 1.23. The van der Waals surface area contributed by atoms with E-state index in [4.69, 9.17) is 4.99 Å². The second-order valence-electron chi connectivity index (χ2n) is 6.75. The van der Waals surface area contributed by atoms with E-state index in [0.717, 1.165) is 43.4 Å². The summed E-state index contributed by atoms with van der Waals surface area (Å²) >= 11 is 1.85. The summed E-state index contributed by atoms with van der Waals surface area (Å²) in [4.78, 5) is 8.59. The Morgan fingerprint density at radius 3 is 2.23 bits per heavy atom. The van der Waals surface area contributed by atoms with Crippen molar-refractivity contribution in [2.45, 2.75) is 66.2 Å². The third kappa shape index (κ3) is 4.98. The third-order valence-corrected chi connectivity index (χ3v) is 5.03. The quantitative estimate of drug-likeness (QED) is 0.690. The average molecular weight is 321 g/mol. The van der Waals surface area contributed by atoms with Gasteiger partial charge in [-0.2, -0.15) is 0 Å². The molecule has 0 radical (unpaired) electrons. The molecule has 2 nitrogen and oxygen atoms in total. The van der Waals surface area contributed by atoms with Gasteiger partial charge < -0.3 is 4.90 Å². The van der Waals surface area contributed by atoms with E-state index < -0.39 is 0 Å². The molecule has 1 heterocycles. The van der Waals surface area contributed by atoms with Crippen LogP contribution in [-0.4, -0.2) is 24.2 Å². The van der Waals surface area contributed by atoms with Crippen LogP contribution >= 0.6 is 11.3 Å². The van der Waals surface area contributed by atoms with E-state index in [2.05, 4.69) is 59.1 Å². The monoisotopic (exact) mass is 320 g/mol. The maximum atomic E-state index is 4.79. The predicted molar refractivity (Wildman–Crippen MR) is 102 cm³/mol. The van der Waals surface area contributed by atoms with Gasteiger partial charge in [-0.05, 0) is 36.0 Å². The molecule has 0 spiro atoms. The van der Waals surface area contributed by atoms with E-state index in [1.54, 1.807) is 0 Å². The first-order chi connectivity index (χ1) is 10.3. The van der Waals surface area contributed by atoms with E-state index in [-0.39, 0.29) is 5.41 Å². The minimum absolute atomic E-state index is 0.162. The van der Waals surface area contributed by atoms with Crippen LogP contribution in [0.5, 0.6) is 0 Å². The lowest BCUT2D eigenvalue weighted by molar-refractivity contribution is 0.388. The molecule has 0 aliphatic carbocycles. The largest absolute Gasteiger partial charge is 0.355 e. The number of aliphatic imine (C=N–C) groups is 1. The molecule has 0 saturated heterocycles. The molecule has 0 amide bonds. The number of rotatable bonds is 7. The van der Waals surface area contributed by atoms with Gasteiger partial charge in [0.15, 0.2) is 0 Å². The maximum Gasteiger partial charge on any atom is 0.146 e. The smallest absolute Gasteiger partial charge is 0.146 e. The van der Waals surface area contributed by atoms with Gasteiger partial charge in [-0.25, -0.2) is 4.99 Å².